The number of urea groups is 1. The largest absolute Gasteiger partial charge is 0.744 e. The molecule has 0 heterocycles. The molecule has 3 N–H and O–H groups in total. The maximum atomic E-state index is 13.0. The molecule has 0 saturated heterocycles. The highest BCUT2D eigenvalue weighted by Crippen LogP contribution is 2.42. The van der Waals surface area contributed by atoms with Crippen LogP contribution in [0.2, 0.25) is 0 Å². The monoisotopic (exact) mass is 823 g/mol. The summed E-state index contributed by atoms with van der Waals surface area (Å²) in [5, 5.41) is 33.7. The summed E-state index contributed by atoms with van der Waals surface area (Å²) in [6.45, 7) is 0. The second-order valence-corrected chi connectivity index (χ2v) is 16.3. The van der Waals surface area contributed by atoms with Crippen molar-refractivity contribution in [2.24, 2.45) is 20.5 Å². The van der Waals surface area contributed by atoms with E-state index in [-0.39, 0.29) is 38.9 Å². The number of anilines is 2. The number of benzene rings is 7. The quantitative estimate of drug-likeness (QED) is 0.0924. The van der Waals surface area contributed by atoms with Crippen molar-refractivity contribution in [3.05, 3.63) is 121 Å². The number of fused-ring (bicyclic) bond motifs is 3. The van der Waals surface area contributed by atoms with Gasteiger partial charge in [-0.15, -0.1) is 10.2 Å². The molecule has 17 nitrogen and oxygen atoms in total. The van der Waals surface area contributed by atoms with Crippen LogP contribution < -0.4 is 10.6 Å². The van der Waals surface area contributed by atoms with E-state index >= 15 is 0 Å². The van der Waals surface area contributed by atoms with Crippen LogP contribution in [0.1, 0.15) is 0 Å². The zero-order valence-electron chi connectivity index (χ0n) is 28.6. The second-order valence-electron chi connectivity index (χ2n) is 12.3. The lowest BCUT2D eigenvalue weighted by Crippen LogP contribution is -2.19. The molecule has 57 heavy (non-hydrogen) atoms. The number of phenols is 1. The third-order valence-electron chi connectivity index (χ3n) is 8.40. The molecule has 20 heteroatoms. The van der Waals surface area contributed by atoms with Gasteiger partial charge in [-0.25, -0.2) is 30.0 Å². The minimum atomic E-state index is -5.25. The first-order chi connectivity index (χ1) is 26.9. The van der Waals surface area contributed by atoms with Crippen LogP contribution in [0.4, 0.5) is 38.9 Å². The van der Waals surface area contributed by atoms with Crippen LogP contribution in [0.5, 0.6) is 5.75 Å². The van der Waals surface area contributed by atoms with Gasteiger partial charge in [-0.3, -0.25) is 0 Å². The van der Waals surface area contributed by atoms with E-state index in [2.05, 4.69) is 31.1 Å². The molecule has 0 aliphatic rings. The van der Waals surface area contributed by atoms with E-state index in [1.54, 1.807) is 36.4 Å². The number of hydrogen-bond donors (Lipinski definition) is 3. The van der Waals surface area contributed by atoms with Crippen molar-refractivity contribution in [3.63, 3.8) is 0 Å². The number of rotatable bonds is 9. The minimum Gasteiger partial charge on any atom is -0.744 e. The molecule has 0 spiro atoms. The minimum absolute atomic E-state index is 0.0331. The van der Waals surface area contributed by atoms with Gasteiger partial charge in [-0.1, -0.05) is 36.4 Å². The van der Waals surface area contributed by atoms with Crippen LogP contribution >= 0.6 is 0 Å². The first kappa shape index (κ1) is 38.6. The summed E-state index contributed by atoms with van der Waals surface area (Å²) >= 11 is 0. The predicted octanol–water partition coefficient (Wildman–Crippen LogP) is 8.04. The van der Waals surface area contributed by atoms with Gasteiger partial charge in [0.1, 0.15) is 41.7 Å². The van der Waals surface area contributed by atoms with Crippen molar-refractivity contribution in [2.75, 3.05) is 10.6 Å². The Balaban J connectivity index is 1.13. The Morgan fingerprint density at radius 3 is 1.77 bits per heavy atom. The number of carbonyl (C=O) groups is 1. The van der Waals surface area contributed by atoms with E-state index < -0.39 is 62.5 Å². The molecule has 7 aromatic carbocycles. The highest BCUT2D eigenvalue weighted by molar-refractivity contribution is 7.86. The number of hydrogen-bond acceptors (Lipinski definition) is 15. The van der Waals surface area contributed by atoms with Crippen molar-refractivity contribution in [2.45, 2.75) is 14.7 Å². The number of nitrogens with zero attached hydrogens (tertiary/aromatic N) is 4. The zero-order valence-corrected chi connectivity index (χ0v) is 31.0. The average molecular weight is 824 g/mol. The van der Waals surface area contributed by atoms with Gasteiger partial charge in [-0.05, 0) is 112 Å². The predicted molar refractivity (Wildman–Crippen MR) is 205 cm³/mol. The summed E-state index contributed by atoms with van der Waals surface area (Å²) in [5.41, 5.74) is 0.0600. The van der Waals surface area contributed by atoms with Crippen LogP contribution in [0.15, 0.2) is 156 Å². The van der Waals surface area contributed by atoms with Gasteiger partial charge in [0, 0.05) is 16.8 Å². The van der Waals surface area contributed by atoms with E-state index in [4.69, 9.17) is 0 Å². The van der Waals surface area contributed by atoms with Crippen LogP contribution in [-0.4, -0.2) is 50.0 Å². The van der Waals surface area contributed by atoms with E-state index in [9.17, 15) is 48.8 Å². The standard InChI is InChI=1S/C37H26N6O11S3/c44-36-31-13-11-28(16-25(31)20-34(57(52,53)54)35(36)43-41-29-10-7-22-17-30(55(46,47)48)12-8-21(22)14-29)39-37(45)38-27-9-6-23-18-32(42-40-26-4-2-1-3-5-26)33(56(49,50)51)19-24(23)15-27/h1-20,44H,(H2,38,39,45)(H,46,47,48)(H,49,50,51)(H,52,53,54)/p-3. The number of amides is 2. The van der Waals surface area contributed by atoms with Gasteiger partial charge >= 0.3 is 6.03 Å². The van der Waals surface area contributed by atoms with Crippen molar-refractivity contribution in [3.8, 4) is 5.75 Å². The molecule has 288 valence electrons. The SMILES string of the molecule is O=C(Nc1ccc2cc(N=Nc3ccccc3)c(S(=O)(=O)[O-])cc2c1)Nc1ccc2c(O)c(N=Nc3ccc4cc(S(=O)(=O)[O-])ccc4c3)c(S(=O)(=O)[O-])cc2c1. The first-order valence-electron chi connectivity index (χ1n) is 16.2. The Morgan fingerprint density at radius 2 is 1.09 bits per heavy atom. The lowest BCUT2D eigenvalue weighted by Gasteiger charge is -2.15. The number of aromatic hydroxyl groups is 1. The third-order valence-corrected chi connectivity index (χ3v) is 10.9. The van der Waals surface area contributed by atoms with Crippen LogP contribution in [-0.2, 0) is 30.4 Å². The van der Waals surface area contributed by atoms with E-state index in [1.807, 2.05) is 0 Å². The molecule has 0 radical (unpaired) electrons. The summed E-state index contributed by atoms with van der Waals surface area (Å²) in [7, 11) is -14.9. The molecule has 0 aliphatic heterocycles. The number of carbonyl (C=O) groups excluding carboxylic acids is 1. The number of nitrogens with one attached hydrogen (secondary N) is 2. The fourth-order valence-electron chi connectivity index (χ4n) is 5.77. The van der Waals surface area contributed by atoms with E-state index in [0.29, 0.717) is 21.8 Å². The summed E-state index contributed by atoms with van der Waals surface area (Å²) in [5.74, 6) is -0.701. The van der Waals surface area contributed by atoms with Gasteiger partial charge in [0.2, 0.25) is 0 Å². The Hall–Kier alpha value is -6.68. The van der Waals surface area contributed by atoms with E-state index in [1.165, 1.54) is 66.7 Å². The summed E-state index contributed by atoms with van der Waals surface area (Å²) in [6, 6.07) is 27.6. The fourth-order valence-corrected chi connectivity index (χ4v) is 7.55. The van der Waals surface area contributed by atoms with E-state index in [0.717, 1.165) is 18.2 Å². The topological polar surface area (TPSA) is 282 Å². The highest BCUT2D eigenvalue weighted by atomic mass is 32.2. The van der Waals surface area contributed by atoms with Crippen molar-refractivity contribution in [1.29, 1.82) is 0 Å². The van der Waals surface area contributed by atoms with Gasteiger partial charge < -0.3 is 29.4 Å². The van der Waals surface area contributed by atoms with Gasteiger partial charge in [0.15, 0.2) is 5.75 Å². The molecule has 0 fully saturated rings. The maximum Gasteiger partial charge on any atom is 0.323 e. The molecule has 0 aromatic heterocycles. The van der Waals surface area contributed by atoms with Crippen LogP contribution in [0, 0.1) is 0 Å². The van der Waals surface area contributed by atoms with Gasteiger partial charge in [0.25, 0.3) is 0 Å². The van der Waals surface area contributed by atoms with Crippen molar-refractivity contribution in [1.82, 2.24) is 0 Å². The Labute approximate surface area is 323 Å². The molecule has 0 saturated carbocycles. The molecule has 0 bridgehead atoms. The number of phenolic OH excluding ortho intramolecular Hbond substituents is 1. The van der Waals surface area contributed by atoms with Crippen molar-refractivity contribution < 1.29 is 48.8 Å². The molecule has 0 unspecified atom stereocenters. The molecular formula is C37H23N6O11S3-3. The summed E-state index contributed by atoms with van der Waals surface area (Å²) < 4.78 is 107. The summed E-state index contributed by atoms with van der Waals surface area (Å²) in [6.07, 6.45) is 0. The molecule has 0 aliphatic carbocycles. The van der Waals surface area contributed by atoms with Crippen LogP contribution in [0.25, 0.3) is 32.3 Å². The van der Waals surface area contributed by atoms with Gasteiger partial charge in [-0.2, -0.15) is 10.2 Å². The molecular weight excluding hydrogens is 801 g/mol. The molecule has 2 amide bonds. The van der Waals surface area contributed by atoms with Gasteiger partial charge in [0.05, 0.1) is 26.1 Å². The number of azo groups is 2. The fraction of sp³-hybridized carbons (Fsp3) is 0. The first-order valence-corrected chi connectivity index (χ1v) is 20.4. The Bertz CT molecular complexity index is 3200. The molecule has 0 atom stereocenters. The second kappa shape index (κ2) is 14.8. The smallest absolute Gasteiger partial charge is 0.323 e. The zero-order chi connectivity index (χ0) is 40.7. The van der Waals surface area contributed by atoms with Crippen molar-refractivity contribution >= 4 is 103 Å². The highest BCUT2D eigenvalue weighted by Gasteiger charge is 2.19. The Kier molecular flexibility index (Phi) is 9.99. The lowest BCUT2D eigenvalue weighted by atomic mass is 10.1. The summed E-state index contributed by atoms with van der Waals surface area (Å²) in [4.78, 5) is 11.0. The normalized spacial score (nSPS) is 12.5. The average Bonchev–Trinajstić information content (AvgIpc) is 3.15. The lowest BCUT2D eigenvalue weighted by molar-refractivity contribution is 0.262. The Morgan fingerprint density at radius 1 is 0.509 bits per heavy atom. The molecule has 7 rings (SSSR count). The molecule has 7 aromatic rings. The van der Waals surface area contributed by atoms with Crippen LogP contribution in [0.3, 0.4) is 0 Å². The maximum absolute atomic E-state index is 13.0. The third kappa shape index (κ3) is 8.60.